The summed E-state index contributed by atoms with van der Waals surface area (Å²) < 4.78 is 5.43. The van der Waals surface area contributed by atoms with Crippen LogP contribution in [0.1, 0.15) is 11.9 Å². The van der Waals surface area contributed by atoms with Gasteiger partial charge in [0, 0.05) is 31.1 Å². The second-order valence-corrected chi connectivity index (χ2v) is 4.95. The van der Waals surface area contributed by atoms with Crippen molar-refractivity contribution < 1.29 is 9.53 Å². The van der Waals surface area contributed by atoms with Crippen molar-refractivity contribution in [1.82, 2.24) is 15.6 Å². The SMILES string of the molecule is C[C@H]1OCCN[C@@H]1C(=O)NCCc1nccs1. The number of thiazole rings is 1. The zero-order valence-electron chi connectivity index (χ0n) is 9.81. The maximum absolute atomic E-state index is 11.9. The predicted molar refractivity (Wildman–Crippen MR) is 66.0 cm³/mol. The molecule has 1 saturated heterocycles. The molecule has 1 amide bonds. The van der Waals surface area contributed by atoms with Gasteiger partial charge in [-0.1, -0.05) is 0 Å². The number of carbonyl (C=O) groups excluding carboxylic acids is 1. The van der Waals surface area contributed by atoms with Crippen molar-refractivity contribution >= 4 is 17.2 Å². The van der Waals surface area contributed by atoms with Gasteiger partial charge in [-0.2, -0.15) is 0 Å². The predicted octanol–water partition coefficient (Wildman–Crippen LogP) is 0.179. The van der Waals surface area contributed by atoms with Gasteiger partial charge in [0.1, 0.15) is 6.04 Å². The summed E-state index contributed by atoms with van der Waals surface area (Å²) >= 11 is 1.61. The van der Waals surface area contributed by atoms with Crippen LogP contribution in [0.25, 0.3) is 0 Å². The third-order valence-electron chi connectivity index (χ3n) is 2.72. The van der Waals surface area contributed by atoms with Crippen molar-refractivity contribution in [3.8, 4) is 0 Å². The van der Waals surface area contributed by atoms with Crippen LogP contribution in [0.2, 0.25) is 0 Å². The molecule has 0 unspecified atom stereocenters. The second kappa shape index (κ2) is 6.09. The third-order valence-corrected chi connectivity index (χ3v) is 3.56. The molecular weight excluding hydrogens is 238 g/mol. The van der Waals surface area contributed by atoms with E-state index in [4.69, 9.17) is 4.74 Å². The normalized spacial score (nSPS) is 24.5. The molecule has 1 fully saturated rings. The first kappa shape index (κ1) is 12.5. The van der Waals surface area contributed by atoms with Crippen LogP contribution >= 0.6 is 11.3 Å². The fourth-order valence-corrected chi connectivity index (χ4v) is 2.43. The topological polar surface area (TPSA) is 63.2 Å². The van der Waals surface area contributed by atoms with E-state index >= 15 is 0 Å². The highest BCUT2D eigenvalue weighted by Crippen LogP contribution is 2.05. The minimum absolute atomic E-state index is 0.00811. The number of amides is 1. The number of rotatable bonds is 4. The number of hydrogen-bond acceptors (Lipinski definition) is 5. The van der Waals surface area contributed by atoms with Gasteiger partial charge in [0.15, 0.2) is 0 Å². The Bertz CT molecular complexity index is 356. The largest absolute Gasteiger partial charge is 0.375 e. The van der Waals surface area contributed by atoms with E-state index < -0.39 is 0 Å². The van der Waals surface area contributed by atoms with Crippen LogP contribution in [-0.4, -0.2) is 42.7 Å². The maximum atomic E-state index is 11.9. The Morgan fingerprint density at radius 1 is 1.76 bits per heavy atom. The molecule has 1 aliphatic rings. The van der Waals surface area contributed by atoms with E-state index in [1.54, 1.807) is 17.5 Å². The number of carbonyl (C=O) groups is 1. The molecule has 1 aromatic rings. The first-order valence-corrected chi connectivity index (χ1v) is 6.66. The molecule has 1 aliphatic heterocycles. The summed E-state index contributed by atoms with van der Waals surface area (Å²) in [5.74, 6) is 0.00811. The maximum Gasteiger partial charge on any atom is 0.239 e. The van der Waals surface area contributed by atoms with Gasteiger partial charge in [-0.25, -0.2) is 4.98 Å². The first-order valence-electron chi connectivity index (χ1n) is 5.78. The van der Waals surface area contributed by atoms with Gasteiger partial charge in [-0.3, -0.25) is 4.79 Å². The molecule has 94 valence electrons. The summed E-state index contributed by atoms with van der Waals surface area (Å²) in [6.45, 7) is 3.94. The number of nitrogens with zero attached hydrogens (tertiary/aromatic N) is 1. The average Bonchev–Trinajstić information content (AvgIpc) is 2.82. The molecule has 0 saturated carbocycles. The van der Waals surface area contributed by atoms with Gasteiger partial charge in [0.2, 0.25) is 5.91 Å². The highest BCUT2D eigenvalue weighted by atomic mass is 32.1. The summed E-state index contributed by atoms with van der Waals surface area (Å²) in [6.07, 6.45) is 2.50. The number of ether oxygens (including phenoxy) is 1. The highest BCUT2D eigenvalue weighted by molar-refractivity contribution is 7.09. The zero-order chi connectivity index (χ0) is 12.1. The van der Waals surface area contributed by atoms with Gasteiger partial charge in [-0.05, 0) is 6.92 Å². The number of aromatic nitrogens is 1. The Labute approximate surface area is 105 Å². The molecule has 2 heterocycles. The minimum Gasteiger partial charge on any atom is -0.375 e. The zero-order valence-corrected chi connectivity index (χ0v) is 10.6. The van der Waals surface area contributed by atoms with E-state index in [-0.39, 0.29) is 18.1 Å². The average molecular weight is 255 g/mol. The Balaban J connectivity index is 1.73. The molecule has 2 rings (SSSR count). The molecule has 0 radical (unpaired) electrons. The van der Waals surface area contributed by atoms with Gasteiger partial charge in [0.05, 0.1) is 17.7 Å². The Kier molecular flexibility index (Phi) is 4.47. The number of nitrogens with one attached hydrogen (secondary N) is 2. The van der Waals surface area contributed by atoms with Gasteiger partial charge >= 0.3 is 0 Å². The lowest BCUT2D eigenvalue weighted by Crippen LogP contribution is -2.55. The van der Waals surface area contributed by atoms with Crippen molar-refractivity contribution in [2.75, 3.05) is 19.7 Å². The summed E-state index contributed by atoms with van der Waals surface area (Å²) in [4.78, 5) is 16.0. The smallest absolute Gasteiger partial charge is 0.239 e. The van der Waals surface area contributed by atoms with Crippen LogP contribution in [0.4, 0.5) is 0 Å². The fourth-order valence-electron chi connectivity index (χ4n) is 1.81. The first-order chi connectivity index (χ1) is 8.27. The van der Waals surface area contributed by atoms with Crippen LogP contribution < -0.4 is 10.6 Å². The van der Waals surface area contributed by atoms with Gasteiger partial charge < -0.3 is 15.4 Å². The summed E-state index contributed by atoms with van der Waals surface area (Å²) in [5, 5.41) is 9.06. The van der Waals surface area contributed by atoms with Crippen molar-refractivity contribution in [1.29, 1.82) is 0 Å². The van der Waals surface area contributed by atoms with Crippen molar-refractivity contribution in [3.63, 3.8) is 0 Å². The summed E-state index contributed by atoms with van der Waals surface area (Å²) in [5.41, 5.74) is 0. The molecule has 0 spiro atoms. The van der Waals surface area contributed by atoms with E-state index in [0.717, 1.165) is 18.0 Å². The molecule has 0 bridgehead atoms. The van der Waals surface area contributed by atoms with Crippen molar-refractivity contribution in [2.45, 2.75) is 25.5 Å². The fraction of sp³-hybridized carbons (Fsp3) is 0.636. The van der Waals surface area contributed by atoms with Gasteiger partial charge in [0.25, 0.3) is 0 Å². The van der Waals surface area contributed by atoms with E-state index in [2.05, 4.69) is 15.6 Å². The quantitative estimate of drug-likeness (QED) is 0.805. The van der Waals surface area contributed by atoms with Gasteiger partial charge in [-0.15, -0.1) is 11.3 Å². The lowest BCUT2D eigenvalue weighted by molar-refractivity contribution is -0.128. The third kappa shape index (κ3) is 3.49. The lowest BCUT2D eigenvalue weighted by atomic mass is 10.1. The number of hydrogen-bond donors (Lipinski definition) is 2. The van der Waals surface area contributed by atoms with E-state index in [0.29, 0.717) is 13.2 Å². The molecule has 5 nitrogen and oxygen atoms in total. The van der Waals surface area contributed by atoms with Crippen LogP contribution in [0, 0.1) is 0 Å². The Morgan fingerprint density at radius 2 is 2.65 bits per heavy atom. The number of morpholine rings is 1. The van der Waals surface area contributed by atoms with Crippen molar-refractivity contribution in [2.24, 2.45) is 0 Å². The minimum atomic E-state index is -0.236. The van der Waals surface area contributed by atoms with E-state index in [1.807, 2.05) is 12.3 Å². The van der Waals surface area contributed by atoms with E-state index in [1.165, 1.54) is 0 Å². The van der Waals surface area contributed by atoms with Crippen molar-refractivity contribution in [3.05, 3.63) is 16.6 Å². The van der Waals surface area contributed by atoms with E-state index in [9.17, 15) is 4.79 Å². The molecule has 2 atom stereocenters. The molecule has 2 N–H and O–H groups in total. The van der Waals surface area contributed by atoms with Crippen LogP contribution in [0.5, 0.6) is 0 Å². The highest BCUT2D eigenvalue weighted by Gasteiger charge is 2.27. The molecule has 1 aromatic heterocycles. The molecule has 0 aromatic carbocycles. The molecule has 17 heavy (non-hydrogen) atoms. The summed E-state index contributed by atoms with van der Waals surface area (Å²) in [7, 11) is 0. The second-order valence-electron chi connectivity index (χ2n) is 3.97. The molecular formula is C11H17N3O2S. The Morgan fingerprint density at radius 3 is 3.35 bits per heavy atom. The lowest BCUT2D eigenvalue weighted by Gasteiger charge is -2.29. The molecule has 0 aliphatic carbocycles. The Hall–Kier alpha value is -0.980. The van der Waals surface area contributed by atoms with Crippen LogP contribution in [-0.2, 0) is 16.0 Å². The monoisotopic (exact) mass is 255 g/mol. The molecule has 6 heteroatoms. The summed E-state index contributed by atoms with van der Waals surface area (Å²) in [6, 6.07) is -0.236. The standard InChI is InChI=1S/C11H17N3O2S/c1-8-10(13-4-6-16-8)11(15)14-3-2-9-12-5-7-17-9/h5,7-8,10,13H,2-4,6H2,1H3,(H,14,15)/t8-,10+/m1/s1. The van der Waals surface area contributed by atoms with Crippen LogP contribution in [0.15, 0.2) is 11.6 Å². The van der Waals surface area contributed by atoms with Crippen LogP contribution in [0.3, 0.4) is 0 Å².